The molecule has 3 aromatic heterocycles. The highest BCUT2D eigenvalue weighted by Gasteiger charge is 2.18. The molecule has 0 aliphatic carbocycles. The zero-order valence-electron chi connectivity index (χ0n) is 20.8. The van der Waals surface area contributed by atoms with E-state index in [4.69, 9.17) is 4.98 Å². The number of aromatic nitrogens is 6. The fourth-order valence-corrected chi connectivity index (χ4v) is 4.78. The number of rotatable bonds is 4. The van der Waals surface area contributed by atoms with Crippen LogP contribution in [0.5, 0.6) is 0 Å². The van der Waals surface area contributed by atoms with Crippen LogP contribution in [0.4, 0.5) is 4.39 Å². The monoisotopic (exact) mass is 507 g/mol. The summed E-state index contributed by atoms with van der Waals surface area (Å²) >= 11 is 0. The normalized spacial score (nSPS) is 11.4. The quantitative estimate of drug-likeness (QED) is 0.391. The molecule has 10 heteroatoms. The second-order valence-electron chi connectivity index (χ2n) is 8.95. The van der Waals surface area contributed by atoms with Crippen LogP contribution in [0.3, 0.4) is 0 Å². The summed E-state index contributed by atoms with van der Waals surface area (Å²) in [6.07, 6.45) is 4.84. The number of amides is 1. The van der Waals surface area contributed by atoms with Gasteiger partial charge in [-0.25, -0.2) is 24.1 Å². The Kier molecular flexibility index (Phi) is 5.37. The summed E-state index contributed by atoms with van der Waals surface area (Å²) in [6, 6.07) is 16.0. The smallest absolute Gasteiger partial charge is 0.328 e. The lowest BCUT2D eigenvalue weighted by molar-refractivity contribution is 0.0959. The zero-order valence-corrected chi connectivity index (χ0v) is 20.8. The first kappa shape index (κ1) is 23.3. The molecule has 0 aliphatic heterocycles. The van der Waals surface area contributed by atoms with Gasteiger partial charge in [0.1, 0.15) is 18.0 Å². The van der Waals surface area contributed by atoms with E-state index in [1.54, 1.807) is 41.7 Å². The fourth-order valence-electron chi connectivity index (χ4n) is 4.78. The molecule has 3 aromatic carbocycles. The standard InChI is InChI=1S/C28H22FN7O2/c1-30-27(37)20-7-4-16(10-21(20)29)17-5-8-23-22(11-17)33-26(18-13-31-15-32-14-18)36(23)19-6-9-24-25(12-19)35(3)28(38)34(24)2/h4-15H,1-3H3,(H,30,37). The molecule has 9 nitrogen and oxygen atoms in total. The number of hydrogen-bond donors (Lipinski definition) is 1. The highest BCUT2D eigenvalue weighted by Crippen LogP contribution is 2.32. The second-order valence-corrected chi connectivity index (χ2v) is 8.95. The highest BCUT2D eigenvalue weighted by atomic mass is 19.1. The van der Waals surface area contributed by atoms with Gasteiger partial charge in [-0.3, -0.25) is 18.5 Å². The number of nitrogens with zero attached hydrogens (tertiary/aromatic N) is 6. The molecule has 188 valence electrons. The summed E-state index contributed by atoms with van der Waals surface area (Å²) in [7, 11) is 4.95. The van der Waals surface area contributed by atoms with Gasteiger partial charge in [-0.05, 0) is 53.6 Å². The van der Waals surface area contributed by atoms with Gasteiger partial charge in [0.2, 0.25) is 0 Å². The van der Waals surface area contributed by atoms with Crippen molar-refractivity contribution < 1.29 is 9.18 Å². The Morgan fingerprint density at radius 3 is 2.26 bits per heavy atom. The molecule has 0 aliphatic rings. The third-order valence-electron chi connectivity index (χ3n) is 6.76. The maximum Gasteiger partial charge on any atom is 0.328 e. The molecule has 6 aromatic rings. The van der Waals surface area contributed by atoms with E-state index >= 15 is 0 Å². The van der Waals surface area contributed by atoms with Gasteiger partial charge in [0.05, 0.1) is 33.2 Å². The van der Waals surface area contributed by atoms with E-state index < -0.39 is 11.7 Å². The topological polar surface area (TPSA) is 99.6 Å². The van der Waals surface area contributed by atoms with E-state index in [1.165, 1.54) is 25.5 Å². The first-order valence-electron chi connectivity index (χ1n) is 11.8. The van der Waals surface area contributed by atoms with Crippen LogP contribution >= 0.6 is 0 Å². The molecule has 0 saturated heterocycles. The van der Waals surface area contributed by atoms with Gasteiger partial charge in [-0.2, -0.15) is 0 Å². The molecule has 1 amide bonds. The second kappa shape index (κ2) is 8.77. The van der Waals surface area contributed by atoms with Gasteiger partial charge in [0.15, 0.2) is 0 Å². The maximum atomic E-state index is 14.7. The number of carbonyl (C=O) groups excluding carboxylic acids is 1. The van der Waals surface area contributed by atoms with Crippen LogP contribution in [-0.2, 0) is 14.1 Å². The number of aryl methyl sites for hydroxylation is 2. The predicted molar refractivity (Wildman–Crippen MR) is 143 cm³/mol. The van der Waals surface area contributed by atoms with E-state index in [2.05, 4.69) is 15.3 Å². The first-order valence-corrected chi connectivity index (χ1v) is 11.8. The van der Waals surface area contributed by atoms with Gasteiger partial charge >= 0.3 is 5.69 Å². The van der Waals surface area contributed by atoms with Crippen LogP contribution in [0.1, 0.15) is 10.4 Å². The highest BCUT2D eigenvalue weighted by molar-refractivity contribution is 5.95. The van der Waals surface area contributed by atoms with E-state index in [-0.39, 0.29) is 11.3 Å². The van der Waals surface area contributed by atoms with E-state index in [0.717, 1.165) is 27.8 Å². The molecule has 38 heavy (non-hydrogen) atoms. The maximum absolute atomic E-state index is 14.7. The molecule has 0 unspecified atom stereocenters. The van der Waals surface area contributed by atoms with E-state index in [9.17, 15) is 14.0 Å². The van der Waals surface area contributed by atoms with Gasteiger partial charge < -0.3 is 5.32 Å². The van der Waals surface area contributed by atoms with Crippen LogP contribution in [0.25, 0.3) is 50.3 Å². The molecule has 1 N–H and O–H groups in total. The number of halogens is 1. The Balaban J connectivity index is 1.56. The van der Waals surface area contributed by atoms with Crippen molar-refractivity contribution in [2.45, 2.75) is 0 Å². The van der Waals surface area contributed by atoms with Crippen molar-refractivity contribution in [3.8, 4) is 28.2 Å². The average Bonchev–Trinajstić information content (AvgIpc) is 3.43. The number of fused-ring (bicyclic) bond motifs is 2. The molecule has 0 radical (unpaired) electrons. The average molecular weight is 508 g/mol. The Hall–Kier alpha value is -5.12. The van der Waals surface area contributed by atoms with E-state index in [0.29, 0.717) is 22.5 Å². The number of imidazole rings is 2. The molecule has 0 saturated carbocycles. The largest absolute Gasteiger partial charge is 0.355 e. The van der Waals surface area contributed by atoms with Crippen molar-refractivity contribution in [1.29, 1.82) is 0 Å². The SMILES string of the molecule is CNC(=O)c1ccc(-c2ccc3c(c2)nc(-c2cncnc2)n3-c2ccc3c(c2)n(C)c(=O)n3C)cc1F. The van der Waals surface area contributed by atoms with Crippen molar-refractivity contribution >= 4 is 28.0 Å². The lowest BCUT2D eigenvalue weighted by Crippen LogP contribution is -2.19. The van der Waals surface area contributed by atoms with Crippen LogP contribution < -0.4 is 11.0 Å². The van der Waals surface area contributed by atoms with Crippen molar-refractivity contribution in [2.24, 2.45) is 14.1 Å². The summed E-state index contributed by atoms with van der Waals surface area (Å²) in [4.78, 5) is 37.6. The minimum absolute atomic E-state index is 0.0151. The molecule has 0 spiro atoms. The molecule has 3 heterocycles. The molecule has 0 fully saturated rings. The van der Waals surface area contributed by atoms with Crippen LogP contribution in [0, 0.1) is 5.82 Å². The number of nitrogens with one attached hydrogen (secondary N) is 1. The molecular weight excluding hydrogens is 485 g/mol. The van der Waals surface area contributed by atoms with Crippen molar-refractivity contribution in [3.05, 3.63) is 95.2 Å². The van der Waals surface area contributed by atoms with E-state index in [1.807, 2.05) is 41.0 Å². The Bertz CT molecular complexity index is 1940. The van der Waals surface area contributed by atoms with Gasteiger partial charge in [-0.1, -0.05) is 12.1 Å². The zero-order chi connectivity index (χ0) is 26.6. The Morgan fingerprint density at radius 2 is 1.53 bits per heavy atom. The predicted octanol–water partition coefficient (Wildman–Crippen LogP) is 3.84. The molecule has 6 rings (SSSR count). The Labute approximate surface area is 215 Å². The summed E-state index contributed by atoms with van der Waals surface area (Å²) in [5.74, 6) is -0.457. The third kappa shape index (κ3) is 3.57. The first-order chi connectivity index (χ1) is 18.4. The Morgan fingerprint density at radius 1 is 0.842 bits per heavy atom. The van der Waals surface area contributed by atoms with Crippen molar-refractivity contribution in [3.63, 3.8) is 0 Å². The number of benzene rings is 3. The lowest BCUT2D eigenvalue weighted by atomic mass is 10.0. The minimum Gasteiger partial charge on any atom is -0.355 e. The summed E-state index contributed by atoms with van der Waals surface area (Å²) in [6.45, 7) is 0. The van der Waals surface area contributed by atoms with Crippen LogP contribution in [-0.4, -0.2) is 41.6 Å². The van der Waals surface area contributed by atoms with Gasteiger partial charge in [0, 0.05) is 39.2 Å². The summed E-state index contributed by atoms with van der Waals surface area (Å²) < 4.78 is 19.9. The lowest BCUT2D eigenvalue weighted by Gasteiger charge is -2.10. The fraction of sp³-hybridized carbons (Fsp3) is 0.107. The molecule has 0 atom stereocenters. The molecular formula is C28H22FN7O2. The van der Waals surface area contributed by atoms with Gasteiger partial charge in [-0.15, -0.1) is 0 Å². The summed E-state index contributed by atoms with van der Waals surface area (Å²) in [5.41, 5.74) is 5.88. The van der Waals surface area contributed by atoms with Crippen molar-refractivity contribution in [2.75, 3.05) is 7.05 Å². The van der Waals surface area contributed by atoms with Gasteiger partial charge in [0.25, 0.3) is 5.91 Å². The third-order valence-corrected chi connectivity index (χ3v) is 6.76. The molecule has 0 bridgehead atoms. The van der Waals surface area contributed by atoms with Crippen molar-refractivity contribution in [1.82, 2.24) is 34.0 Å². The number of carbonyl (C=O) groups is 1. The number of hydrogen-bond acceptors (Lipinski definition) is 5. The minimum atomic E-state index is -0.601. The van der Waals surface area contributed by atoms with Crippen LogP contribution in [0.2, 0.25) is 0 Å². The van der Waals surface area contributed by atoms with Crippen LogP contribution in [0.15, 0.2) is 78.1 Å². The summed E-state index contributed by atoms with van der Waals surface area (Å²) in [5, 5.41) is 2.44.